The highest BCUT2D eigenvalue weighted by molar-refractivity contribution is 7.09. The molecule has 0 atom stereocenters. The highest BCUT2D eigenvalue weighted by Crippen LogP contribution is 2.25. The highest BCUT2D eigenvalue weighted by Gasteiger charge is 2.17. The van der Waals surface area contributed by atoms with Crippen LogP contribution in [0, 0.1) is 0 Å². The zero-order valence-electron chi connectivity index (χ0n) is 13.5. The molecule has 3 heterocycles. The molecule has 0 unspecified atom stereocenters. The standard InChI is InChI=1S/C19H20ClN3S/c20-17-6-1-4-15-7-8-18(21-19(15)17)23-10-3-9-22(11-12-23)14-16-5-2-13-24-16/h1-2,4-8,13H,3,9-12,14H2. The number of hydrogen-bond donors (Lipinski definition) is 0. The molecule has 0 saturated carbocycles. The van der Waals surface area contributed by atoms with Crippen LogP contribution in [0.15, 0.2) is 47.8 Å². The van der Waals surface area contributed by atoms with Gasteiger partial charge >= 0.3 is 0 Å². The Labute approximate surface area is 151 Å². The first kappa shape index (κ1) is 15.9. The van der Waals surface area contributed by atoms with Gasteiger partial charge in [0.05, 0.1) is 10.5 Å². The summed E-state index contributed by atoms with van der Waals surface area (Å²) in [4.78, 5) is 11.2. The van der Waals surface area contributed by atoms with Crippen molar-refractivity contribution in [1.82, 2.24) is 9.88 Å². The molecule has 3 aromatic rings. The van der Waals surface area contributed by atoms with Gasteiger partial charge in [-0.05, 0) is 36.1 Å². The predicted octanol–water partition coefficient (Wildman–Crippen LogP) is 4.66. The Bertz CT molecular complexity index is 819. The molecule has 24 heavy (non-hydrogen) atoms. The number of thiophene rings is 1. The summed E-state index contributed by atoms with van der Waals surface area (Å²) in [5.74, 6) is 1.04. The first-order chi connectivity index (χ1) is 11.8. The molecule has 0 spiro atoms. The Morgan fingerprint density at radius 3 is 2.83 bits per heavy atom. The Kier molecular flexibility index (Phi) is 4.69. The van der Waals surface area contributed by atoms with Crippen molar-refractivity contribution >= 4 is 39.7 Å². The minimum Gasteiger partial charge on any atom is -0.355 e. The van der Waals surface area contributed by atoms with Crippen LogP contribution in [0.1, 0.15) is 11.3 Å². The van der Waals surface area contributed by atoms with Gasteiger partial charge in [-0.2, -0.15) is 0 Å². The van der Waals surface area contributed by atoms with Crippen molar-refractivity contribution in [2.75, 3.05) is 31.1 Å². The molecular formula is C19H20ClN3S. The lowest BCUT2D eigenvalue weighted by molar-refractivity contribution is 0.288. The number of hydrogen-bond acceptors (Lipinski definition) is 4. The number of aromatic nitrogens is 1. The molecule has 1 aliphatic heterocycles. The van der Waals surface area contributed by atoms with Crippen LogP contribution in [0.25, 0.3) is 10.9 Å². The van der Waals surface area contributed by atoms with E-state index in [9.17, 15) is 0 Å². The maximum atomic E-state index is 6.31. The Morgan fingerprint density at radius 1 is 1.00 bits per heavy atom. The fraction of sp³-hybridized carbons (Fsp3) is 0.316. The number of pyridine rings is 1. The van der Waals surface area contributed by atoms with Gasteiger partial charge in [-0.15, -0.1) is 11.3 Å². The van der Waals surface area contributed by atoms with Crippen LogP contribution in [-0.4, -0.2) is 36.1 Å². The number of benzene rings is 1. The van der Waals surface area contributed by atoms with Gasteiger partial charge in [0.1, 0.15) is 5.82 Å². The molecule has 2 aromatic heterocycles. The van der Waals surface area contributed by atoms with E-state index >= 15 is 0 Å². The lowest BCUT2D eigenvalue weighted by Gasteiger charge is -2.23. The summed E-state index contributed by atoms with van der Waals surface area (Å²) in [6, 6.07) is 14.5. The molecule has 5 heteroatoms. The van der Waals surface area contributed by atoms with Crippen molar-refractivity contribution in [3.63, 3.8) is 0 Å². The summed E-state index contributed by atoms with van der Waals surface area (Å²) in [6.07, 6.45) is 1.16. The molecule has 1 fully saturated rings. The van der Waals surface area contributed by atoms with Gasteiger partial charge in [0.15, 0.2) is 0 Å². The maximum absolute atomic E-state index is 6.31. The van der Waals surface area contributed by atoms with Crippen LogP contribution < -0.4 is 4.90 Å². The van der Waals surface area contributed by atoms with Crippen LogP contribution >= 0.6 is 22.9 Å². The quantitative estimate of drug-likeness (QED) is 0.679. The fourth-order valence-corrected chi connectivity index (χ4v) is 4.23. The van der Waals surface area contributed by atoms with Gasteiger partial charge in [-0.3, -0.25) is 4.90 Å². The Hall–Kier alpha value is -1.62. The second kappa shape index (κ2) is 7.09. The topological polar surface area (TPSA) is 19.4 Å². The second-order valence-corrected chi connectivity index (χ2v) is 7.62. The van der Waals surface area contributed by atoms with E-state index in [4.69, 9.17) is 16.6 Å². The number of para-hydroxylation sites is 1. The number of nitrogens with zero attached hydrogens (tertiary/aromatic N) is 3. The van der Waals surface area contributed by atoms with Crippen molar-refractivity contribution < 1.29 is 0 Å². The van der Waals surface area contributed by atoms with Crippen LogP contribution in [0.4, 0.5) is 5.82 Å². The fourth-order valence-electron chi connectivity index (χ4n) is 3.26. The van der Waals surface area contributed by atoms with Gasteiger partial charge in [0, 0.05) is 43.0 Å². The number of halogens is 1. The van der Waals surface area contributed by atoms with E-state index < -0.39 is 0 Å². The van der Waals surface area contributed by atoms with Gasteiger partial charge in [0.2, 0.25) is 0 Å². The molecule has 0 aliphatic carbocycles. The summed E-state index contributed by atoms with van der Waals surface area (Å²) >= 11 is 8.16. The molecular weight excluding hydrogens is 338 g/mol. The summed E-state index contributed by atoms with van der Waals surface area (Å²) in [7, 11) is 0. The normalized spacial score (nSPS) is 16.5. The summed E-state index contributed by atoms with van der Waals surface area (Å²) in [5.41, 5.74) is 0.899. The average Bonchev–Trinajstić information content (AvgIpc) is 3.00. The molecule has 1 aliphatic rings. The van der Waals surface area contributed by atoms with Gasteiger partial charge in [-0.25, -0.2) is 4.98 Å². The Morgan fingerprint density at radius 2 is 1.96 bits per heavy atom. The number of fused-ring (bicyclic) bond motifs is 1. The van der Waals surface area contributed by atoms with Gasteiger partial charge < -0.3 is 4.90 Å². The number of rotatable bonds is 3. The lowest BCUT2D eigenvalue weighted by atomic mass is 10.2. The van der Waals surface area contributed by atoms with Crippen LogP contribution in [-0.2, 0) is 6.54 Å². The van der Waals surface area contributed by atoms with Crippen LogP contribution in [0.3, 0.4) is 0 Å². The minimum absolute atomic E-state index is 0.725. The SMILES string of the molecule is Clc1cccc2ccc(N3CCCN(Cc4cccs4)CC3)nc12. The van der Waals surface area contributed by atoms with E-state index in [0.29, 0.717) is 0 Å². The van der Waals surface area contributed by atoms with Crippen LogP contribution in [0.2, 0.25) is 5.02 Å². The van der Waals surface area contributed by atoms with Gasteiger partial charge in [0.25, 0.3) is 0 Å². The molecule has 0 N–H and O–H groups in total. The van der Waals surface area contributed by atoms with E-state index in [0.717, 1.165) is 60.9 Å². The maximum Gasteiger partial charge on any atom is 0.129 e. The van der Waals surface area contributed by atoms with Crippen molar-refractivity contribution in [3.05, 3.63) is 57.7 Å². The monoisotopic (exact) mass is 357 g/mol. The zero-order valence-corrected chi connectivity index (χ0v) is 15.1. The van der Waals surface area contributed by atoms with Gasteiger partial charge in [-0.1, -0.05) is 29.8 Å². The third-order valence-electron chi connectivity index (χ3n) is 4.53. The highest BCUT2D eigenvalue weighted by atomic mass is 35.5. The van der Waals surface area contributed by atoms with Crippen molar-refractivity contribution in [2.45, 2.75) is 13.0 Å². The zero-order chi connectivity index (χ0) is 16.4. The molecule has 0 radical (unpaired) electrons. The molecule has 124 valence electrons. The lowest BCUT2D eigenvalue weighted by Crippen LogP contribution is -2.30. The molecule has 0 amide bonds. The van der Waals surface area contributed by atoms with Crippen LogP contribution in [0.5, 0.6) is 0 Å². The second-order valence-electron chi connectivity index (χ2n) is 6.18. The first-order valence-corrected chi connectivity index (χ1v) is 9.60. The summed E-state index contributed by atoms with van der Waals surface area (Å²) in [6.45, 7) is 5.32. The first-order valence-electron chi connectivity index (χ1n) is 8.34. The van der Waals surface area contributed by atoms with Crippen molar-refractivity contribution in [1.29, 1.82) is 0 Å². The van der Waals surface area contributed by atoms with Crippen molar-refractivity contribution in [2.24, 2.45) is 0 Å². The summed E-state index contributed by atoms with van der Waals surface area (Å²) < 4.78 is 0. The van der Waals surface area contributed by atoms with E-state index in [-0.39, 0.29) is 0 Å². The van der Waals surface area contributed by atoms with Crippen molar-refractivity contribution in [3.8, 4) is 0 Å². The summed E-state index contributed by atoms with van der Waals surface area (Å²) in [5, 5.41) is 3.98. The van der Waals surface area contributed by atoms with E-state index in [1.54, 1.807) is 0 Å². The largest absolute Gasteiger partial charge is 0.355 e. The average molecular weight is 358 g/mol. The molecule has 1 aromatic carbocycles. The third-order valence-corrected chi connectivity index (χ3v) is 5.69. The predicted molar refractivity (Wildman–Crippen MR) is 103 cm³/mol. The molecule has 4 rings (SSSR count). The van der Waals surface area contributed by atoms with E-state index in [1.165, 1.54) is 4.88 Å². The minimum atomic E-state index is 0.725. The number of anilines is 1. The molecule has 0 bridgehead atoms. The van der Waals surface area contributed by atoms with E-state index in [2.05, 4.69) is 45.5 Å². The van der Waals surface area contributed by atoms with E-state index in [1.807, 2.05) is 23.5 Å². The molecule has 3 nitrogen and oxygen atoms in total. The third kappa shape index (κ3) is 3.41. The Balaban J connectivity index is 1.49. The smallest absolute Gasteiger partial charge is 0.129 e. The molecule has 1 saturated heterocycles.